The smallest absolute Gasteiger partial charge is 0.327 e. The number of aliphatic carboxylic acids is 1. The van der Waals surface area contributed by atoms with E-state index in [4.69, 9.17) is 0 Å². The van der Waals surface area contributed by atoms with Crippen LogP contribution in [0, 0.1) is 0 Å². The predicted molar refractivity (Wildman–Crippen MR) is 102 cm³/mol. The van der Waals surface area contributed by atoms with E-state index in [2.05, 4.69) is 32.9 Å². The molecule has 2 aromatic rings. The van der Waals surface area contributed by atoms with Crippen molar-refractivity contribution in [2.45, 2.75) is 37.6 Å². The van der Waals surface area contributed by atoms with Gasteiger partial charge >= 0.3 is 5.97 Å². The Balaban J connectivity index is 1.93. The fraction of sp³-hybridized carbons (Fsp3) is 0.368. The monoisotopic (exact) mass is 375 g/mol. The third-order valence-corrected chi connectivity index (χ3v) is 6.49. The average molecular weight is 376 g/mol. The van der Waals surface area contributed by atoms with E-state index in [0.29, 0.717) is 10.6 Å². The van der Waals surface area contributed by atoms with Gasteiger partial charge in [0.2, 0.25) is 0 Å². The molecule has 1 aliphatic heterocycles. The van der Waals surface area contributed by atoms with Crippen molar-refractivity contribution in [1.82, 2.24) is 4.90 Å². The number of carbonyl (C=O) groups is 2. The van der Waals surface area contributed by atoms with Crippen LogP contribution in [-0.2, 0) is 10.2 Å². The Labute approximate surface area is 155 Å². The summed E-state index contributed by atoms with van der Waals surface area (Å²) in [4.78, 5) is 26.6. The molecule has 1 saturated heterocycles. The summed E-state index contributed by atoms with van der Waals surface area (Å²) in [7, 11) is 0. The number of thiophene rings is 1. The summed E-state index contributed by atoms with van der Waals surface area (Å²) in [6.45, 7) is 6.46. The number of hydrogen-bond acceptors (Lipinski definition) is 4. The average Bonchev–Trinajstić information content (AvgIpc) is 3.23. The Bertz CT molecular complexity index is 763. The standard InChI is InChI=1S/C19H21NO3S2/c1-19(2,3)13-8-6-12(7-9-13)17-20(14(11-25-17)18(22)23)16(21)15-5-4-10-24-15/h4-10,14,17H,11H2,1-3H3,(H,22,23). The summed E-state index contributed by atoms with van der Waals surface area (Å²) in [6, 6.07) is 10.9. The van der Waals surface area contributed by atoms with Crippen molar-refractivity contribution >= 4 is 35.0 Å². The molecule has 0 radical (unpaired) electrons. The molecule has 1 amide bonds. The SMILES string of the molecule is CC(C)(C)c1ccc(C2SCC(C(=O)O)N2C(=O)c2cccs2)cc1. The summed E-state index contributed by atoms with van der Waals surface area (Å²) in [6.07, 6.45) is 0. The Hall–Kier alpha value is -1.79. The second-order valence-corrected chi connectivity index (χ2v) is 9.16. The molecular weight excluding hydrogens is 354 g/mol. The van der Waals surface area contributed by atoms with E-state index < -0.39 is 12.0 Å². The highest BCUT2D eigenvalue weighted by molar-refractivity contribution is 7.99. The highest BCUT2D eigenvalue weighted by Gasteiger charge is 2.43. The van der Waals surface area contributed by atoms with Crippen LogP contribution in [0.5, 0.6) is 0 Å². The molecule has 0 bridgehead atoms. The second kappa shape index (κ2) is 6.84. The van der Waals surface area contributed by atoms with Crippen LogP contribution in [-0.4, -0.2) is 33.7 Å². The van der Waals surface area contributed by atoms with Gasteiger partial charge in [0.1, 0.15) is 11.4 Å². The quantitative estimate of drug-likeness (QED) is 0.864. The van der Waals surface area contributed by atoms with E-state index in [1.165, 1.54) is 33.6 Å². The van der Waals surface area contributed by atoms with E-state index in [1.54, 1.807) is 6.07 Å². The maximum absolute atomic E-state index is 12.9. The van der Waals surface area contributed by atoms with Crippen molar-refractivity contribution in [3.63, 3.8) is 0 Å². The lowest BCUT2D eigenvalue weighted by atomic mass is 9.86. The molecule has 132 valence electrons. The molecule has 2 atom stereocenters. The largest absolute Gasteiger partial charge is 0.480 e. The van der Waals surface area contributed by atoms with E-state index in [0.717, 1.165) is 5.56 Å². The van der Waals surface area contributed by atoms with Gasteiger partial charge in [0.25, 0.3) is 5.91 Å². The van der Waals surface area contributed by atoms with Gasteiger partial charge < -0.3 is 10.0 Å². The fourth-order valence-electron chi connectivity index (χ4n) is 2.88. The van der Waals surface area contributed by atoms with E-state index in [9.17, 15) is 14.7 Å². The van der Waals surface area contributed by atoms with Gasteiger partial charge in [0.15, 0.2) is 0 Å². The van der Waals surface area contributed by atoms with Crippen molar-refractivity contribution in [1.29, 1.82) is 0 Å². The first-order valence-corrected chi connectivity index (χ1v) is 10.0. The zero-order chi connectivity index (χ0) is 18.2. The molecule has 3 rings (SSSR count). The molecule has 6 heteroatoms. The number of nitrogens with zero attached hydrogens (tertiary/aromatic N) is 1. The first-order valence-electron chi connectivity index (χ1n) is 8.10. The van der Waals surface area contributed by atoms with Crippen LogP contribution < -0.4 is 0 Å². The molecule has 0 saturated carbocycles. The predicted octanol–water partition coefficient (Wildman–Crippen LogP) is 4.39. The van der Waals surface area contributed by atoms with Crippen LogP contribution in [0.15, 0.2) is 41.8 Å². The first-order chi connectivity index (χ1) is 11.8. The number of carboxylic acids is 1. The molecule has 1 N–H and O–H groups in total. The highest BCUT2D eigenvalue weighted by Crippen LogP contribution is 2.43. The van der Waals surface area contributed by atoms with Gasteiger partial charge in [0.05, 0.1) is 4.88 Å². The molecule has 0 aliphatic carbocycles. The minimum Gasteiger partial charge on any atom is -0.480 e. The lowest BCUT2D eigenvalue weighted by Crippen LogP contribution is -2.42. The molecule has 4 nitrogen and oxygen atoms in total. The van der Waals surface area contributed by atoms with Crippen molar-refractivity contribution in [2.75, 3.05) is 5.75 Å². The summed E-state index contributed by atoms with van der Waals surface area (Å²) in [5, 5.41) is 11.1. The lowest BCUT2D eigenvalue weighted by Gasteiger charge is -2.28. The molecule has 2 unspecified atom stereocenters. The number of amides is 1. The summed E-state index contributed by atoms with van der Waals surface area (Å²) in [5.41, 5.74) is 2.23. The number of carbonyl (C=O) groups excluding carboxylic acids is 1. The first kappa shape index (κ1) is 18.0. The van der Waals surface area contributed by atoms with Crippen LogP contribution >= 0.6 is 23.1 Å². The minimum atomic E-state index is -0.953. The maximum atomic E-state index is 12.9. The summed E-state index contributed by atoms with van der Waals surface area (Å²) in [5.74, 6) is -0.762. The molecule has 1 aromatic heterocycles. The van der Waals surface area contributed by atoms with E-state index in [1.807, 2.05) is 23.6 Å². The minimum absolute atomic E-state index is 0.0530. The number of rotatable bonds is 3. The topological polar surface area (TPSA) is 57.6 Å². The normalized spacial score (nSPS) is 20.7. The zero-order valence-corrected chi connectivity index (χ0v) is 16.1. The maximum Gasteiger partial charge on any atom is 0.327 e. The van der Waals surface area contributed by atoms with Gasteiger partial charge in [-0.2, -0.15) is 0 Å². The molecule has 1 fully saturated rings. The Morgan fingerprint density at radius 1 is 1.16 bits per heavy atom. The second-order valence-electron chi connectivity index (χ2n) is 7.10. The van der Waals surface area contributed by atoms with Gasteiger partial charge in [-0.05, 0) is 28.0 Å². The van der Waals surface area contributed by atoms with Crippen molar-refractivity contribution in [3.05, 3.63) is 57.8 Å². The van der Waals surface area contributed by atoms with E-state index >= 15 is 0 Å². The summed E-state index contributed by atoms with van der Waals surface area (Å²) < 4.78 is 0. The van der Waals surface area contributed by atoms with Crippen molar-refractivity contribution in [2.24, 2.45) is 0 Å². The third-order valence-electron chi connectivity index (χ3n) is 4.31. The molecule has 1 aliphatic rings. The van der Waals surface area contributed by atoms with E-state index in [-0.39, 0.29) is 16.7 Å². The Morgan fingerprint density at radius 3 is 2.36 bits per heavy atom. The zero-order valence-electron chi connectivity index (χ0n) is 14.4. The number of thioether (sulfide) groups is 1. The molecule has 0 spiro atoms. The fourth-order valence-corrected chi connectivity index (χ4v) is 4.96. The van der Waals surface area contributed by atoms with Gasteiger partial charge in [-0.15, -0.1) is 23.1 Å². The van der Waals surface area contributed by atoms with Gasteiger partial charge in [-0.3, -0.25) is 4.79 Å². The molecule has 25 heavy (non-hydrogen) atoms. The molecular formula is C19H21NO3S2. The third kappa shape index (κ3) is 3.60. The molecule has 2 heterocycles. The highest BCUT2D eigenvalue weighted by atomic mass is 32.2. The van der Waals surface area contributed by atoms with Crippen LogP contribution in [0.25, 0.3) is 0 Å². The summed E-state index contributed by atoms with van der Waals surface area (Å²) >= 11 is 2.85. The van der Waals surface area contributed by atoms with Gasteiger partial charge in [-0.25, -0.2) is 4.79 Å². The number of benzene rings is 1. The van der Waals surface area contributed by atoms with Crippen molar-refractivity contribution in [3.8, 4) is 0 Å². The number of hydrogen-bond donors (Lipinski definition) is 1. The molecule has 1 aromatic carbocycles. The van der Waals surface area contributed by atoms with Crippen LogP contribution in [0.1, 0.15) is 46.9 Å². The Morgan fingerprint density at radius 2 is 1.84 bits per heavy atom. The van der Waals surface area contributed by atoms with Gasteiger partial charge in [0, 0.05) is 5.75 Å². The van der Waals surface area contributed by atoms with Crippen LogP contribution in [0.4, 0.5) is 0 Å². The Kier molecular flexibility index (Phi) is 4.93. The van der Waals surface area contributed by atoms with Gasteiger partial charge in [-0.1, -0.05) is 51.1 Å². The lowest BCUT2D eigenvalue weighted by molar-refractivity contribution is -0.141. The van der Waals surface area contributed by atoms with Crippen LogP contribution in [0.3, 0.4) is 0 Å². The van der Waals surface area contributed by atoms with Crippen molar-refractivity contribution < 1.29 is 14.7 Å². The number of carboxylic acid groups (broad SMARTS) is 1. The van der Waals surface area contributed by atoms with Crippen LogP contribution in [0.2, 0.25) is 0 Å².